The number of hydrogen-bond acceptors (Lipinski definition) is 4. The number of halogens is 2. The molecule has 21 heavy (non-hydrogen) atoms. The molecule has 112 valence electrons. The lowest BCUT2D eigenvalue weighted by atomic mass is 10.3. The normalized spacial score (nSPS) is 14.2. The minimum absolute atomic E-state index is 0.116. The third-order valence-electron chi connectivity index (χ3n) is 3.42. The molecular weight excluding hydrogens is 292 g/mol. The minimum atomic E-state index is -0.648. The molecule has 1 saturated carbocycles. The number of aromatic nitrogens is 1. The topological polar surface area (TPSA) is 28.2 Å². The molecule has 0 radical (unpaired) electrons. The van der Waals surface area contributed by atoms with Gasteiger partial charge in [-0.25, -0.2) is 13.8 Å². The lowest BCUT2D eigenvalue weighted by molar-refractivity contribution is 0.568. The van der Waals surface area contributed by atoms with Crippen LogP contribution in [-0.2, 0) is 6.54 Å². The molecule has 3 rings (SSSR count). The van der Waals surface area contributed by atoms with Gasteiger partial charge < -0.3 is 10.2 Å². The summed E-state index contributed by atoms with van der Waals surface area (Å²) in [5, 5.41) is 4.84. The Bertz CT molecular complexity index is 612. The van der Waals surface area contributed by atoms with E-state index >= 15 is 0 Å². The maximum Gasteiger partial charge on any atom is 0.168 e. The Hall–Kier alpha value is -1.69. The Morgan fingerprint density at radius 3 is 2.81 bits per heavy atom. The zero-order chi connectivity index (χ0) is 14.8. The fraction of sp³-hybridized carbons (Fsp3) is 0.400. The highest BCUT2D eigenvalue weighted by molar-refractivity contribution is 7.09. The fourth-order valence-corrected chi connectivity index (χ4v) is 2.99. The summed E-state index contributed by atoms with van der Waals surface area (Å²) in [6, 6.07) is 5.22. The first-order chi connectivity index (χ1) is 10.2. The number of nitrogens with zero attached hydrogens (tertiary/aromatic N) is 2. The maximum absolute atomic E-state index is 14.2. The molecule has 0 bridgehead atoms. The SMILES string of the molecule is CCNc1nc(N(Cc2cccs2)C2CC2)c(F)cc1F. The van der Waals surface area contributed by atoms with Crippen LogP contribution in [0.4, 0.5) is 20.4 Å². The van der Waals surface area contributed by atoms with Crippen LogP contribution in [0.15, 0.2) is 23.6 Å². The molecule has 0 saturated heterocycles. The standard InChI is InChI=1S/C15H17F2N3S/c1-2-18-14-12(16)8-13(17)15(19-14)20(10-5-6-10)9-11-4-3-7-21-11/h3-4,7-8,10H,2,5-6,9H2,1H3,(H,18,19). The zero-order valence-corrected chi connectivity index (χ0v) is 12.6. The quantitative estimate of drug-likeness (QED) is 0.873. The van der Waals surface area contributed by atoms with Crippen LogP contribution in [-0.4, -0.2) is 17.6 Å². The van der Waals surface area contributed by atoms with E-state index in [0.717, 1.165) is 23.8 Å². The van der Waals surface area contributed by atoms with Crippen LogP contribution in [0.1, 0.15) is 24.6 Å². The monoisotopic (exact) mass is 309 g/mol. The van der Waals surface area contributed by atoms with Gasteiger partial charge in [-0.2, -0.15) is 0 Å². The predicted octanol–water partition coefficient (Wildman–Crippen LogP) is 4.02. The van der Waals surface area contributed by atoms with Crippen molar-refractivity contribution in [3.8, 4) is 0 Å². The van der Waals surface area contributed by atoms with Crippen molar-refractivity contribution in [2.24, 2.45) is 0 Å². The molecule has 1 aliphatic rings. The molecule has 0 atom stereocenters. The van der Waals surface area contributed by atoms with Gasteiger partial charge in [-0.1, -0.05) is 6.07 Å². The molecule has 0 amide bonds. The van der Waals surface area contributed by atoms with Crippen molar-refractivity contribution < 1.29 is 8.78 Å². The molecule has 0 spiro atoms. The van der Waals surface area contributed by atoms with Gasteiger partial charge in [0.1, 0.15) is 0 Å². The summed E-state index contributed by atoms with van der Waals surface area (Å²) >= 11 is 1.63. The minimum Gasteiger partial charge on any atom is -0.368 e. The lowest BCUT2D eigenvalue weighted by Crippen LogP contribution is -2.27. The molecule has 0 aromatic carbocycles. The van der Waals surface area contributed by atoms with Gasteiger partial charge >= 0.3 is 0 Å². The molecule has 6 heteroatoms. The molecule has 1 N–H and O–H groups in total. The highest BCUT2D eigenvalue weighted by Gasteiger charge is 2.32. The third kappa shape index (κ3) is 3.15. The van der Waals surface area contributed by atoms with Crippen LogP contribution in [0.25, 0.3) is 0 Å². The molecule has 2 heterocycles. The molecule has 1 aliphatic carbocycles. The van der Waals surface area contributed by atoms with Crippen LogP contribution in [0.3, 0.4) is 0 Å². The van der Waals surface area contributed by atoms with Gasteiger partial charge in [0, 0.05) is 23.5 Å². The van der Waals surface area contributed by atoms with E-state index in [2.05, 4.69) is 10.3 Å². The lowest BCUT2D eigenvalue weighted by Gasteiger charge is -2.24. The van der Waals surface area contributed by atoms with Crippen LogP contribution in [0.2, 0.25) is 0 Å². The van der Waals surface area contributed by atoms with Crippen molar-refractivity contribution in [2.75, 3.05) is 16.8 Å². The second-order valence-corrected chi connectivity index (χ2v) is 6.13. The van der Waals surface area contributed by atoms with Crippen LogP contribution in [0.5, 0.6) is 0 Å². The number of pyridine rings is 1. The summed E-state index contributed by atoms with van der Waals surface area (Å²) in [5.41, 5.74) is 0. The van der Waals surface area contributed by atoms with Gasteiger partial charge in [0.2, 0.25) is 0 Å². The van der Waals surface area contributed by atoms with Crippen molar-refractivity contribution >= 4 is 23.0 Å². The van der Waals surface area contributed by atoms with Gasteiger partial charge in [0.05, 0.1) is 6.54 Å². The van der Waals surface area contributed by atoms with Gasteiger partial charge in [-0.3, -0.25) is 0 Å². The first-order valence-corrected chi connectivity index (χ1v) is 7.96. The van der Waals surface area contributed by atoms with Crippen LogP contribution < -0.4 is 10.2 Å². The number of rotatable bonds is 6. The Labute approximate surface area is 126 Å². The Morgan fingerprint density at radius 1 is 1.38 bits per heavy atom. The fourth-order valence-electron chi connectivity index (χ4n) is 2.28. The highest BCUT2D eigenvalue weighted by atomic mass is 32.1. The van der Waals surface area contributed by atoms with E-state index < -0.39 is 11.6 Å². The van der Waals surface area contributed by atoms with Crippen LogP contribution in [0, 0.1) is 11.6 Å². The molecular formula is C15H17F2N3S. The maximum atomic E-state index is 14.2. The summed E-state index contributed by atoms with van der Waals surface area (Å²) in [6.07, 6.45) is 2.06. The molecule has 2 aromatic heterocycles. The van der Waals surface area contributed by atoms with Crippen molar-refractivity contribution in [1.82, 2.24) is 4.98 Å². The van der Waals surface area contributed by atoms with Crippen molar-refractivity contribution in [3.05, 3.63) is 40.1 Å². The average Bonchev–Trinajstić information content (AvgIpc) is 3.17. The Balaban J connectivity index is 1.93. The third-order valence-corrected chi connectivity index (χ3v) is 4.28. The number of hydrogen-bond donors (Lipinski definition) is 1. The first-order valence-electron chi connectivity index (χ1n) is 7.08. The Morgan fingerprint density at radius 2 is 2.19 bits per heavy atom. The molecule has 1 fully saturated rings. The second kappa shape index (κ2) is 5.97. The first kappa shape index (κ1) is 14.3. The summed E-state index contributed by atoms with van der Waals surface area (Å²) < 4.78 is 27.9. The van der Waals surface area contributed by atoms with Crippen molar-refractivity contribution in [3.63, 3.8) is 0 Å². The molecule has 0 unspecified atom stereocenters. The number of thiophene rings is 1. The van der Waals surface area contributed by atoms with E-state index in [1.54, 1.807) is 11.3 Å². The van der Waals surface area contributed by atoms with Crippen LogP contribution >= 0.6 is 11.3 Å². The molecule has 3 nitrogen and oxygen atoms in total. The average molecular weight is 309 g/mol. The smallest absolute Gasteiger partial charge is 0.168 e. The molecule has 0 aliphatic heterocycles. The van der Waals surface area contributed by atoms with E-state index in [9.17, 15) is 8.78 Å². The van der Waals surface area contributed by atoms with Gasteiger partial charge in [0.15, 0.2) is 23.3 Å². The van der Waals surface area contributed by atoms with E-state index in [4.69, 9.17) is 0 Å². The Kier molecular flexibility index (Phi) is 4.05. The van der Waals surface area contributed by atoms with E-state index in [-0.39, 0.29) is 11.6 Å². The summed E-state index contributed by atoms with van der Waals surface area (Å²) in [6.45, 7) is 3.02. The highest BCUT2D eigenvalue weighted by Crippen LogP contribution is 2.35. The summed E-state index contributed by atoms with van der Waals surface area (Å²) in [7, 11) is 0. The zero-order valence-electron chi connectivity index (χ0n) is 11.8. The second-order valence-electron chi connectivity index (χ2n) is 5.09. The van der Waals surface area contributed by atoms with E-state index in [0.29, 0.717) is 19.1 Å². The van der Waals surface area contributed by atoms with Gasteiger partial charge in [-0.15, -0.1) is 11.3 Å². The summed E-state index contributed by atoms with van der Waals surface area (Å²) in [5.74, 6) is -0.892. The molecule has 2 aromatic rings. The predicted molar refractivity (Wildman–Crippen MR) is 81.8 cm³/mol. The largest absolute Gasteiger partial charge is 0.368 e. The van der Waals surface area contributed by atoms with Gasteiger partial charge in [-0.05, 0) is 31.2 Å². The van der Waals surface area contributed by atoms with Gasteiger partial charge in [0.25, 0.3) is 0 Å². The summed E-state index contributed by atoms with van der Waals surface area (Å²) in [4.78, 5) is 7.27. The van der Waals surface area contributed by atoms with Crippen molar-refractivity contribution in [2.45, 2.75) is 32.4 Å². The number of nitrogens with one attached hydrogen (secondary N) is 1. The van der Waals surface area contributed by atoms with E-state index in [1.807, 2.05) is 29.3 Å². The van der Waals surface area contributed by atoms with Crippen molar-refractivity contribution in [1.29, 1.82) is 0 Å². The number of anilines is 2. The van der Waals surface area contributed by atoms with E-state index in [1.165, 1.54) is 0 Å².